The van der Waals surface area contributed by atoms with E-state index in [1.54, 1.807) is 23.6 Å². The van der Waals surface area contributed by atoms with E-state index < -0.39 is 28.5 Å². The zero-order valence-corrected chi connectivity index (χ0v) is 18.6. The molecule has 0 bridgehead atoms. The van der Waals surface area contributed by atoms with Gasteiger partial charge in [-0.05, 0) is 30.4 Å². The topological polar surface area (TPSA) is 108 Å². The molecule has 3 rings (SSSR count). The number of nitrogens with one attached hydrogen (secondary N) is 2. The molecule has 0 radical (unpaired) electrons. The van der Waals surface area contributed by atoms with Crippen LogP contribution in [0.1, 0.15) is 33.1 Å². The van der Waals surface area contributed by atoms with E-state index in [0.717, 1.165) is 34.9 Å². The molecule has 0 aliphatic heterocycles. The number of hydrogen-bond acceptors (Lipinski definition) is 6. The van der Waals surface area contributed by atoms with Crippen LogP contribution in [0.3, 0.4) is 0 Å². The van der Waals surface area contributed by atoms with Crippen LogP contribution in [0.2, 0.25) is 0 Å². The summed E-state index contributed by atoms with van der Waals surface area (Å²) in [6.07, 6.45) is 4.47. The maximum atomic E-state index is 13.1. The number of amides is 3. The monoisotopic (exact) mass is 450 g/mol. The van der Waals surface area contributed by atoms with Crippen molar-refractivity contribution >= 4 is 38.4 Å². The lowest BCUT2D eigenvalue weighted by molar-refractivity contribution is -0.118. The van der Waals surface area contributed by atoms with Gasteiger partial charge in [0.25, 0.3) is 10.0 Å². The molecule has 1 aromatic heterocycles. The average molecular weight is 451 g/mol. The maximum absolute atomic E-state index is 13.1. The molecule has 1 fully saturated rings. The normalized spacial score (nSPS) is 21.6. The summed E-state index contributed by atoms with van der Waals surface area (Å²) in [6.45, 7) is 3.70. The Morgan fingerprint density at radius 1 is 1.20 bits per heavy atom. The molecule has 1 aromatic carbocycles. The molecule has 0 spiro atoms. The van der Waals surface area contributed by atoms with E-state index in [1.165, 1.54) is 18.3 Å². The molecule has 1 aliphatic carbocycles. The van der Waals surface area contributed by atoms with Gasteiger partial charge in [-0.3, -0.25) is 10.1 Å². The Balaban J connectivity index is 1.69. The molecule has 1 heterocycles. The van der Waals surface area contributed by atoms with Crippen LogP contribution in [0.4, 0.5) is 9.93 Å². The molecule has 2 aromatic rings. The number of carbonyl (C=O) groups excluding carboxylic acids is 2. The Morgan fingerprint density at radius 3 is 2.60 bits per heavy atom. The van der Waals surface area contributed by atoms with E-state index in [4.69, 9.17) is 0 Å². The minimum Gasteiger partial charge on any atom is -0.335 e. The van der Waals surface area contributed by atoms with E-state index in [9.17, 15) is 18.0 Å². The first kappa shape index (κ1) is 22.2. The predicted molar refractivity (Wildman–Crippen MR) is 116 cm³/mol. The molecule has 10 heteroatoms. The van der Waals surface area contributed by atoms with Gasteiger partial charge < -0.3 is 5.32 Å². The third-order valence-electron chi connectivity index (χ3n) is 5.53. The lowest BCUT2D eigenvalue weighted by atomic mass is 9.78. The highest BCUT2D eigenvalue weighted by Crippen LogP contribution is 2.29. The molecule has 3 atom stereocenters. The van der Waals surface area contributed by atoms with E-state index in [1.807, 2.05) is 0 Å². The molecule has 3 amide bonds. The zero-order valence-electron chi connectivity index (χ0n) is 16.9. The fraction of sp³-hybridized carbons (Fsp3) is 0.450. The van der Waals surface area contributed by atoms with Gasteiger partial charge in [0, 0.05) is 17.6 Å². The van der Waals surface area contributed by atoms with Crippen LogP contribution < -0.4 is 14.9 Å². The van der Waals surface area contributed by atoms with Crippen LogP contribution >= 0.6 is 11.3 Å². The van der Waals surface area contributed by atoms with Crippen molar-refractivity contribution in [2.45, 2.75) is 44.0 Å². The molecule has 0 saturated heterocycles. The Bertz CT molecular complexity index is 964. The Kier molecular flexibility index (Phi) is 7.09. The number of rotatable bonds is 6. The van der Waals surface area contributed by atoms with Crippen molar-refractivity contribution in [2.24, 2.45) is 11.8 Å². The number of benzene rings is 1. The summed E-state index contributed by atoms with van der Waals surface area (Å²) in [7, 11) is -4.01. The van der Waals surface area contributed by atoms with Gasteiger partial charge in [-0.15, -0.1) is 11.3 Å². The second-order valence-electron chi connectivity index (χ2n) is 7.53. The average Bonchev–Trinajstić information content (AvgIpc) is 3.24. The molecule has 2 N–H and O–H groups in total. The van der Waals surface area contributed by atoms with Crippen molar-refractivity contribution < 1.29 is 18.0 Å². The SMILES string of the molecule is C[C@@H]1[C@H](C)CCC[C@H]1NC(=O)NC(=O)CN(c1nccs1)S(=O)(=O)c1ccccc1. The molecule has 1 saturated carbocycles. The van der Waals surface area contributed by atoms with Crippen molar-refractivity contribution in [3.8, 4) is 0 Å². The number of anilines is 1. The van der Waals surface area contributed by atoms with Crippen molar-refractivity contribution in [3.05, 3.63) is 41.9 Å². The molecular weight excluding hydrogens is 424 g/mol. The molecule has 162 valence electrons. The van der Waals surface area contributed by atoms with E-state index >= 15 is 0 Å². The van der Waals surface area contributed by atoms with Crippen LogP contribution in [0.15, 0.2) is 46.8 Å². The second kappa shape index (κ2) is 9.57. The van der Waals surface area contributed by atoms with Crippen molar-refractivity contribution in [3.63, 3.8) is 0 Å². The largest absolute Gasteiger partial charge is 0.335 e. The minimum atomic E-state index is -4.01. The maximum Gasteiger partial charge on any atom is 0.321 e. The van der Waals surface area contributed by atoms with Crippen LogP contribution in [0.25, 0.3) is 0 Å². The number of thiazole rings is 1. The molecule has 1 aliphatic rings. The first-order chi connectivity index (χ1) is 14.3. The second-order valence-corrected chi connectivity index (χ2v) is 10.3. The highest BCUT2D eigenvalue weighted by atomic mass is 32.2. The number of sulfonamides is 1. The third kappa shape index (κ3) is 5.17. The molecule has 30 heavy (non-hydrogen) atoms. The van der Waals surface area contributed by atoms with E-state index in [2.05, 4.69) is 29.5 Å². The number of carbonyl (C=O) groups is 2. The van der Waals surface area contributed by atoms with Crippen molar-refractivity contribution in [1.82, 2.24) is 15.6 Å². The number of aromatic nitrogens is 1. The Morgan fingerprint density at radius 2 is 1.93 bits per heavy atom. The van der Waals surface area contributed by atoms with Gasteiger partial charge in [0.2, 0.25) is 5.91 Å². The van der Waals surface area contributed by atoms with Crippen LogP contribution in [0.5, 0.6) is 0 Å². The van der Waals surface area contributed by atoms with E-state index in [-0.39, 0.29) is 16.1 Å². The van der Waals surface area contributed by atoms with Crippen LogP contribution in [-0.4, -0.2) is 37.9 Å². The van der Waals surface area contributed by atoms with Gasteiger partial charge in [-0.25, -0.2) is 22.5 Å². The summed E-state index contributed by atoms with van der Waals surface area (Å²) in [6, 6.07) is 7.20. The van der Waals surface area contributed by atoms with Gasteiger partial charge in [-0.2, -0.15) is 0 Å². The number of nitrogens with zero attached hydrogens (tertiary/aromatic N) is 2. The minimum absolute atomic E-state index is 0.00957. The lowest BCUT2D eigenvalue weighted by Crippen LogP contribution is -2.51. The van der Waals surface area contributed by atoms with Crippen molar-refractivity contribution in [2.75, 3.05) is 10.8 Å². The fourth-order valence-corrected chi connectivity index (χ4v) is 5.87. The van der Waals surface area contributed by atoms with Gasteiger partial charge in [0.1, 0.15) is 6.54 Å². The molecular formula is C20H26N4O4S2. The highest BCUT2D eigenvalue weighted by molar-refractivity contribution is 7.93. The summed E-state index contributed by atoms with van der Waals surface area (Å²) in [5, 5.41) is 6.90. The first-order valence-electron chi connectivity index (χ1n) is 9.86. The molecule has 8 nitrogen and oxygen atoms in total. The predicted octanol–water partition coefficient (Wildman–Crippen LogP) is 2.99. The molecule has 0 unspecified atom stereocenters. The van der Waals surface area contributed by atoms with Crippen LogP contribution in [-0.2, 0) is 14.8 Å². The highest BCUT2D eigenvalue weighted by Gasteiger charge is 2.31. The van der Waals surface area contributed by atoms with Gasteiger partial charge in [0.05, 0.1) is 4.90 Å². The van der Waals surface area contributed by atoms with E-state index in [0.29, 0.717) is 11.8 Å². The summed E-state index contributed by atoms with van der Waals surface area (Å²) in [5.74, 6) is 0.0831. The Hall–Kier alpha value is -2.46. The number of imide groups is 1. The van der Waals surface area contributed by atoms with Crippen molar-refractivity contribution in [1.29, 1.82) is 0 Å². The van der Waals surface area contributed by atoms with Gasteiger partial charge in [-0.1, -0.05) is 44.9 Å². The van der Waals surface area contributed by atoms with Gasteiger partial charge in [0.15, 0.2) is 5.13 Å². The van der Waals surface area contributed by atoms with Gasteiger partial charge >= 0.3 is 6.03 Å². The third-order valence-corrected chi connectivity index (χ3v) is 8.19. The number of urea groups is 1. The smallest absolute Gasteiger partial charge is 0.321 e. The quantitative estimate of drug-likeness (QED) is 0.703. The van der Waals surface area contributed by atoms with Crippen LogP contribution in [0, 0.1) is 11.8 Å². The summed E-state index contributed by atoms with van der Waals surface area (Å²) < 4.78 is 27.0. The summed E-state index contributed by atoms with van der Waals surface area (Å²) in [5.41, 5.74) is 0. The Labute approximate surface area is 180 Å². The standard InChI is InChI=1S/C20H26N4O4S2/c1-14-7-6-10-17(15(14)2)22-19(26)23-18(25)13-24(20-21-11-12-29-20)30(27,28)16-8-4-3-5-9-16/h3-5,8-9,11-12,14-15,17H,6-7,10,13H2,1-2H3,(H2,22,23,25,26)/t14-,15-,17-/m1/s1. The number of hydrogen-bond donors (Lipinski definition) is 2. The first-order valence-corrected chi connectivity index (χ1v) is 12.2. The lowest BCUT2D eigenvalue weighted by Gasteiger charge is -2.34. The summed E-state index contributed by atoms with van der Waals surface area (Å²) in [4.78, 5) is 28.9. The summed E-state index contributed by atoms with van der Waals surface area (Å²) >= 11 is 1.10. The fourth-order valence-electron chi connectivity index (χ4n) is 3.60. The zero-order chi connectivity index (χ0) is 21.7.